The molecule has 0 fully saturated rings. The van der Waals surface area contributed by atoms with Gasteiger partial charge >= 0.3 is 0 Å². The highest BCUT2D eigenvalue weighted by Crippen LogP contribution is 2.17. The van der Waals surface area contributed by atoms with Crippen molar-refractivity contribution in [1.29, 1.82) is 0 Å². The van der Waals surface area contributed by atoms with Crippen molar-refractivity contribution < 1.29 is 4.74 Å². The van der Waals surface area contributed by atoms with Gasteiger partial charge in [0.1, 0.15) is 6.73 Å². The van der Waals surface area contributed by atoms with Crippen LogP contribution in [0, 0.1) is 0 Å². The summed E-state index contributed by atoms with van der Waals surface area (Å²) in [6, 6.07) is 7.17. The summed E-state index contributed by atoms with van der Waals surface area (Å²) in [5.41, 5.74) is 2.89. The molecule has 0 aliphatic heterocycles. The van der Waals surface area contributed by atoms with Gasteiger partial charge in [-0.1, -0.05) is 24.9 Å². The highest BCUT2D eigenvalue weighted by atomic mass is 28.3. The highest BCUT2D eigenvalue weighted by molar-refractivity contribution is 6.76. The predicted molar refractivity (Wildman–Crippen MR) is 88.3 cm³/mol. The molecule has 0 amide bonds. The first kappa shape index (κ1) is 14.9. The number of hydrogen-bond donors (Lipinski definition) is 0. The fraction of sp³-hybridized carbons (Fsp3) is 0.400. The molecule has 0 spiro atoms. The number of hydrogen-bond acceptors (Lipinski definition) is 4. The molecule has 0 radical (unpaired) electrons. The van der Waals surface area contributed by atoms with Gasteiger partial charge in [0.15, 0.2) is 0 Å². The van der Waals surface area contributed by atoms with Crippen LogP contribution < -0.4 is 0 Å². The summed E-state index contributed by atoms with van der Waals surface area (Å²) in [6.07, 6.45) is 5.60. The summed E-state index contributed by atoms with van der Waals surface area (Å²) in [5.74, 6) is 0. The maximum atomic E-state index is 5.71. The maximum Gasteiger partial charge on any atom is 0.139 e. The van der Waals surface area contributed by atoms with Crippen LogP contribution in [0.1, 0.15) is 0 Å². The fourth-order valence-electron chi connectivity index (χ4n) is 2.10. The van der Waals surface area contributed by atoms with Crippen molar-refractivity contribution in [3.05, 3.63) is 36.8 Å². The average molecular weight is 315 g/mol. The molecule has 0 saturated heterocycles. The number of pyridine rings is 1. The average Bonchev–Trinajstić information content (AvgIpc) is 3.10. The molecule has 3 heterocycles. The number of fused-ring (bicyclic) bond motifs is 1. The van der Waals surface area contributed by atoms with Gasteiger partial charge in [-0.2, -0.15) is 5.10 Å². The monoisotopic (exact) mass is 315 g/mol. The van der Waals surface area contributed by atoms with E-state index in [0.29, 0.717) is 6.73 Å². The third-order valence-corrected chi connectivity index (χ3v) is 5.16. The SMILES string of the molecule is C[Si](C)(C)CCOCn1ccc(-c2ccc3cnnn3c2)n1. The Hall–Kier alpha value is -1.99. The van der Waals surface area contributed by atoms with Crippen LogP contribution in [-0.4, -0.2) is 39.3 Å². The normalized spacial score (nSPS) is 12.1. The lowest BCUT2D eigenvalue weighted by molar-refractivity contribution is 0.0787. The molecule has 3 aromatic rings. The van der Waals surface area contributed by atoms with Crippen molar-refractivity contribution >= 4 is 13.6 Å². The van der Waals surface area contributed by atoms with Crippen molar-refractivity contribution in [2.75, 3.05) is 6.61 Å². The molecular weight excluding hydrogens is 294 g/mol. The predicted octanol–water partition coefficient (Wildman–Crippen LogP) is 2.91. The van der Waals surface area contributed by atoms with Crippen LogP contribution in [0.5, 0.6) is 0 Å². The van der Waals surface area contributed by atoms with E-state index in [9.17, 15) is 0 Å². The molecule has 0 aliphatic carbocycles. The standard InChI is InChI=1S/C15H21N5OSi/c1-22(2,3)9-8-21-12-19-7-6-15(17-19)13-4-5-14-10-16-18-20(14)11-13/h4-7,10-11H,8-9,12H2,1-3H3. The molecule has 0 bridgehead atoms. The Morgan fingerprint density at radius 2 is 2.05 bits per heavy atom. The zero-order valence-electron chi connectivity index (χ0n) is 13.2. The summed E-state index contributed by atoms with van der Waals surface area (Å²) in [5, 5.41) is 12.4. The molecule has 0 aliphatic rings. The molecule has 0 aromatic carbocycles. The zero-order valence-corrected chi connectivity index (χ0v) is 14.2. The minimum atomic E-state index is -1.03. The Bertz CT molecular complexity index is 758. The molecule has 0 unspecified atom stereocenters. The molecule has 0 atom stereocenters. The summed E-state index contributed by atoms with van der Waals surface area (Å²) >= 11 is 0. The van der Waals surface area contributed by atoms with Gasteiger partial charge in [0.2, 0.25) is 0 Å². The quantitative estimate of drug-likeness (QED) is 0.518. The van der Waals surface area contributed by atoms with Gasteiger partial charge in [0, 0.05) is 32.6 Å². The van der Waals surface area contributed by atoms with Gasteiger partial charge in [0.05, 0.1) is 17.4 Å². The van der Waals surface area contributed by atoms with Crippen LogP contribution in [0.3, 0.4) is 0 Å². The van der Waals surface area contributed by atoms with Crippen molar-refractivity contribution in [3.63, 3.8) is 0 Å². The number of nitrogens with zero attached hydrogens (tertiary/aromatic N) is 5. The lowest BCUT2D eigenvalue weighted by Crippen LogP contribution is -2.22. The smallest absolute Gasteiger partial charge is 0.139 e. The van der Waals surface area contributed by atoms with Crippen LogP contribution in [0.15, 0.2) is 36.8 Å². The molecule has 6 nitrogen and oxygen atoms in total. The second-order valence-corrected chi connectivity index (χ2v) is 12.2. The fourth-order valence-corrected chi connectivity index (χ4v) is 2.85. The molecule has 22 heavy (non-hydrogen) atoms. The summed E-state index contributed by atoms with van der Waals surface area (Å²) in [4.78, 5) is 0. The minimum Gasteiger partial charge on any atom is -0.360 e. The summed E-state index contributed by atoms with van der Waals surface area (Å²) in [6.45, 7) is 8.35. The van der Waals surface area contributed by atoms with Gasteiger partial charge in [-0.05, 0) is 24.2 Å². The Morgan fingerprint density at radius 3 is 2.86 bits per heavy atom. The Kier molecular flexibility index (Phi) is 4.08. The van der Waals surface area contributed by atoms with E-state index in [1.165, 1.54) is 6.04 Å². The van der Waals surface area contributed by atoms with Crippen molar-refractivity contribution in [2.45, 2.75) is 32.4 Å². The van der Waals surface area contributed by atoms with E-state index in [-0.39, 0.29) is 0 Å². The van der Waals surface area contributed by atoms with Gasteiger partial charge in [-0.15, -0.1) is 5.10 Å². The molecule has 0 N–H and O–H groups in total. The van der Waals surface area contributed by atoms with E-state index in [1.807, 2.05) is 35.3 Å². The summed E-state index contributed by atoms with van der Waals surface area (Å²) in [7, 11) is -1.03. The topological polar surface area (TPSA) is 57.2 Å². The van der Waals surface area contributed by atoms with Gasteiger partial charge in [-0.25, -0.2) is 9.20 Å². The molecule has 7 heteroatoms. The first-order chi connectivity index (χ1) is 10.5. The minimum absolute atomic E-state index is 0.496. The lowest BCUT2D eigenvalue weighted by Gasteiger charge is -2.15. The third-order valence-electron chi connectivity index (χ3n) is 3.45. The first-order valence-corrected chi connectivity index (χ1v) is 11.1. The van der Waals surface area contributed by atoms with Crippen LogP contribution >= 0.6 is 0 Å². The van der Waals surface area contributed by atoms with Crippen LogP contribution in [0.2, 0.25) is 25.7 Å². The highest BCUT2D eigenvalue weighted by Gasteiger charge is 2.12. The van der Waals surface area contributed by atoms with Gasteiger partial charge < -0.3 is 4.74 Å². The van der Waals surface area contributed by atoms with E-state index in [1.54, 1.807) is 10.7 Å². The third kappa shape index (κ3) is 3.61. The second kappa shape index (κ2) is 6.02. The Labute approximate surface area is 130 Å². The number of rotatable bonds is 6. The van der Waals surface area contributed by atoms with E-state index >= 15 is 0 Å². The largest absolute Gasteiger partial charge is 0.360 e. The van der Waals surface area contributed by atoms with E-state index in [2.05, 4.69) is 35.1 Å². The Morgan fingerprint density at radius 1 is 1.18 bits per heavy atom. The number of ether oxygens (including phenoxy) is 1. The van der Waals surface area contributed by atoms with Crippen molar-refractivity contribution in [2.24, 2.45) is 0 Å². The molecule has 0 saturated carbocycles. The number of aromatic nitrogens is 5. The molecule has 3 rings (SSSR count). The maximum absolute atomic E-state index is 5.71. The Balaban J connectivity index is 1.63. The van der Waals surface area contributed by atoms with E-state index < -0.39 is 8.07 Å². The van der Waals surface area contributed by atoms with E-state index in [0.717, 1.165) is 23.4 Å². The molecule has 116 valence electrons. The zero-order chi connectivity index (χ0) is 15.6. The lowest BCUT2D eigenvalue weighted by atomic mass is 10.2. The van der Waals surface area contributed by atoms with Gasteiger partial charge in [0.25, 0.3) is 0 Å². The van der Waals surface area contributed by atoms with Crippen LogP contribution in [0.4, 0.5) is 0 Å². The molecule has 3 aromatic heterocycles. The van der Waals surface area contributed by atoms with Crippen LogP contribution in [-0.2, 0) is 11.5 Å². The van der Waals surface area contributed by atoms with Gasteiger partial charge in [-0.3, -0.25) is 0 Å². The van der Waals surface area contributed by atoms with Crippen molar-refractivity contribution in [1.82, 2.24) is 24.6 Å². The second-order valence-electron chi connectivity index (χ2n) is 6.61. The van der Waals surface area contributed by atoms with Crippen molar-refractivity contribution in [3.8, 4) is 11.3 Å². The van der Waals surface area contributed by atoms with Crippen LogP contribution in [0.25, 0.3) is 16.8 Å². The molecular formula is C15H21N5OSi. The van der Waals surface area contributed by atoms with E-state index in [4.69, 9.17) is 4.74 Å². The summed E-state index contributed by atoms with van der Waals surface area (Å²) < 4.78 is 9.28. The first-order valence-electron chi connectivity index (χ1n) is 7.43.